The highest BCUT2D eigenvalue weighted by molar-refractivity contribution is 5.80. The van der Waals surface area contributed by atoms with Crippen LogP contribution in [0.15, 0.2) is 40.1 Å². The van der Waals surface area contributed by atoms with E-state index >= 15 is 0 Å². The Morgan fingerprint density at radius 3 is 2.43 bits per heavy atom. The summed E-state index contributed by atoms with van der Waals surface area (Å²) in [5.74, 6) is 0. The van der Waals surface area contributed by atoms with Crippen LogP contribution in [-0.2, 0) is 0 Å². The molecule has 14 heavy (non-hydrogen) atoms. The van der Waals surface area contributed by atoms with E-state index in [0.717, 1.165) is 0 Å². The lowest BCUT2D eigenvalue weighted by atomic mass is 10.1. The van der Waals surface area contributed by atoms with Gasteiger partial charge in [-0.1, -0.05) is 18.2 Å². The zero-order valence-electron chi connectivity index (χ0n) is 7.70. The third-order valence-electron chi connectivity index (χ3n) is 2.19. The van der Waals surface area contributed by atoms with Crippen molar-refractivity contribution in [3.63, 3.8) is 0 Å². The highest BCUT2D eigenvalue weighted by atomic mass is 16.1. The average Bonchev–Trinajstić information content (AvgIpc) is 2.33. The summed E-state index contributed by atoms with van der Waals surface area (Å²) < 4.78 is 0. The Bertz CT molecular complexity index is 599. The molecule has 1 N–H and O–H groups in total. The van der Waals surface area contributed by atoms with Crippen molar-refractivity contribution < 1.29 is 0 Å². The molecule has 0 fully saturated rings. The Hall–Kier alpha value is -1.90. The Morgan fingerprint density at radius 1 is 1.07 bits per heavy atom. The lowest BCUT2D eigenvalue weighted by Gasteiger charge is -1.87. The van der Waals surface area contributed by atoms with Gasteiger partial charge in [0.15, 0.2) is 5.43 Å². The molecule has 0 aliphatic carbocycles. The zero-order valence-corrected chi connectivity index (χ0v) is 7.70. The van der Waals surface area contributed by atoms with E-state index < -0.39 is 0 Å². The van der Waals surface area contributed by atoms with Gasteiger partial charge in [0.05, 0.1) is 5.39 Å². The summed E-state index contributed by atoms with van der Waals surface area (Å²) in [6.45, 7) is 1.69. The van der Waals surface area contributed by atoms with Gasteiger partial charge in [-0.05, 0) is 13.0 Å². The minimum Gasteiger partial charge on any atom is -0.328 e. The Labute approximate surface area is 80.0 Å². The molecule has 1 aromatic heterocycles. The van der Waals surface area contributed by atoms with Gasteiger partial charge in [-0.3, -0.25) is 9.59 Å². The first kappa shape index (κ1) is 8.69. The summed E-state index contributed by atoms with van der Waals surface area (Å²) in [6.07, 6.45) is 1.45. The number of aryl methyl sites for hydroxylation is 1. The smallest absolute Gasteiger partial charge is 0.255 e. The average molecular weight is 187 g/mol. The fraction of sp³-hybridized carbons (Fsp3) is 0.0909. The van der Waals surface area contributed by atoms with Crippen molar-refractivity contribution in [3.8, 4) is 0 Å². The van der Waals surface area contributed by atoms with Crippen molar-refractivity contribution in [1.29, 1.82) is 0 Å². The summed E-state index contributed by atoms with van der Waals surface area (Å²) in [7, 11) is 0. The van der Waals surface area contributed by atoms with E-state index in [-0.39, 0.29) is 11.0 Å². The monoisotopic (exact) mass is 187 g/mol. The first-order chi connectivity index (χ1) is 6.70. The molecule has 0 aliphatic rings. The van der Waals surface area contributed by atoms with Crippen LogP contribution in [-0.4, -0.2) is 4.98 Å². The molecule has 0 atom stereocenters. The number of aromatic amines is 1. The first-order valence-corrected chi connectivity index (χ1v) is 4.31. The molecule has 1 aromatic carbocycles. The van der Waals surface area contributed by atoms with Crippen LogP contribution in [0.1, 0.15) is 5.56 Å². The molecule has 0 saturated carbocycles. The molecule has 0 saturated heterocycles. The van der Waals surface area contributed by atoms with E-state index in [0.29, 0.717) is 16.3 Å². The van der Waals surface area contributed by atoms with Gasteiger partial charge in [-0.15, -0.1) is 0 Å². The van der Waals surface area contributed by atoms with Crippen molar-refractivity contribution in [3.05, 3.63) is 56.6 Å². The maximum atomic E-state index is 11.7. The van der Waals surface area contributed by atoms with Gasteiger partial charge >= 0.3 is 0 Å². The molecule has 3 heteroatoms. The molecule has 0 amide bonds. The number of hydrogen-bond donors (Lipinski definition) is 1. The number of rotatable bonds is 0. The molecule has 0 radical (unpaired) electrons. The molecular formula is C11H9NO2. The molecule has 1 heterocycles. The molecule has 70 valence electrons. The number of aromatic nitrogens is 1. The number of hydrogen-bond acceptors (Lipinski definition) is 2. The number of benzene rings is 1. The molecule has 0 spiro atoms. The summed E-state index contributed by atoms with van der Waals surface area (Å²) >= 11 is 0. The van der Waals surface area contributed by atoms with Crippen molar-refractivity contribution in [1.82, 2.24) is 4.98 Å². The van der Waals surface area contributed by atoms with Gasteiger partial charge in [-0.25, -0.2) is 0 Å². The van der Waals surface area contributed by atoms with Crippen LogP contribution < -0.4 is 11.0 Å². The first-order valence-electron chi connectivity index (χ1n) is 4.31. The lowest BCUT2D eigenvalue weighted by molar-refractivity contribution is 1.25. The summed E-state index contributed by atoms with van der Waals surface area (Å²) in [6, 6.07) is 6.81. The normalized spacial score (nSPS) is 10.4. The SMILES string of the molecule is Cc1c[nH]c(=O)c2ccccc2c1=O. The highest BCUT2D eigenvalue weighted by Gasteiger charge is 2.00. The fourth-order valence-corrected chi connectivity index (χ4v) is 1.41. The van der Waals surface area contributed by atoms with Gasteiger partial charge in [0.1, 0.15) is 0 Å². The third-order valence-corrected chi connectivity index (χ3v) is 2.19. The van der Waals surface area contributed by atoms with E-state index in [4.69, 9.17) is 0 Å². The summed E-state index contributed by atoms with van der Waals surface area (Å²) in [5.41, 5.74) is 0.216. The third kappa shape index (κ3) is 1.23. The van der Waals surface area contributed by atoms with Crippen molar-refractivity contribution in [2.75, 3.05) is 0 Å². The van der Waals surface area contributed by atoms with Crippen LogP contribution >= 0.6 is 0 Å². The minimum atomic E-state index is -0.231. The van der Waals surface area contributed by atoms with Crippen LogP contribution in [0.5, 0.6) is 0 Å². The molecule has 0 bridgehead atoms. The van der Waals surface area contributed by atoms with Crippen LogP contribution in [0.25, 0.3) is 10.8 Å². The van der Waals surface area contributed by atoms with Crippen molar-refractivity contribution in [2.24, 2.45) is 0 Å². The number of H-pyrrole nitrogens is 1. The van der Waals surface area contributed by atoms with E-state index in [9.17, 15) is 9.59 Å². The topological polar surface area (TPSA) is 49.9 Å². The quantitative estimate of drug-likeness (QED) is 0.673. The van der Waals surface area contributed by atoms with E-state index in [1.54, 1.807) is 31.2 Å². The standard InChI is InChI=1S/C11H9NO2/c1-7-6-12-11(14)9-5-3-2-4-8(9)10(7)13/h2-6H,1H3,(H,12,14). The Kier molecular flexibility index (Phi) is 1.93. The molecule has 0 unspecified atom stereocenters. The lowest BCUT2D eigenvalue weighted by Crippen LogP contribution is -2.03. The molecule has 2 aromatic rings. The molecular weight excluding hydrogens is 178 g/mol. The van der Waals surface area contributed by atoms with Gasteiger partial charge in [0.2, 0.25) is 0 Å². The molecule has 2 rings (SSSR count). The molecule has 3 nitrogen and oxygen atoms in total. The maximum absolute atomic E-state index is 11.7. The zero-order chi connectivity index (χ0) is 10.1. The predicted molar refractivity (Wildman–Crippen MR) is 55.6 cm³/mol. The van der Waals surface area contributed by atoms with E-state index in [2.05, 4.69) is 4.98 Å². The largest absolute Gasteiger partial charge is 0.328 e. The number of nitrogens with one attached hydrogen (secondary N) is 1. The summed E-state index contributed by atoms with van der Waals surface area (Å²) in [4.78, 5) is 25.8. The van der Waals surface area contributed by atoms with Crippen LogP contribution in [0.3, 0.4) is 0 Å². The summed E-state index contributed by atoms with van der Waals surface area (Å²) in [5, 5.41) is 0.904. The van der Waals surface area contributed by atoms with Crippen molar-refractivity contribution in [2.45, 2.75) is 6.92 Å². The van der Waals surface area contributed by atoms with Crippen LogP contribution in [0, 0.1) is 6.92 Å². The second-order valence-corrected chi connectivity index (χ2v) is 3.18. The maximum Gasteiger partial charge on any atom is 0.255 e. The van der Waals surface area contributed by atoms with Crippen molar-refractivity contribution >= 4 is 10.8 Å². The van der Waals surface area contributed by atoms with Crippen LogP contribution in [0.4, 0.5) is 0 Å². The van der Waals surface area contributed by atoms with Gasteiger partial charge < -0.3 is 4.98 Å². The van der Waals surface area contributed by atoms with E-state index in [1.165, 1.54) is 6.20 Å². The van der Waals surface area contributed by atoms with Gasteiger partial charge in [0, 0.05) is 17.1 Å². The predicted octanol–water partition coefficient (Wildman–Crippen LogP) is 1.20. The van der Waals surface area contributed by atoms with Crippen LogP contribution in [0.2, 0.25) is 0 Å². The van der Waals surface area contributed by atoms with E-state index in [1.807, 2.05) is 0 Å². The fourth-order valence-electron chi connectivity index (χ4n) is 1.41. The highest BCUT2D eigenvalue weighted by Crippen LogP contribution is 2.02. The second kappa shape index (κ2) is 3.10. The molecule has 0 aliphatic heterocycles. The Morgan fingerprint density at radius 2 is 1.71 bits per heavy atom. The van der Waals surface area contributed by atoms with Gasteiger partial charge in [0.25, 0.3) is 5.56 Å². The Balaban J connectivity index is 3.20. The van der Waals surface area contributed by atoms with Gasteiger partial charge in [-0.2, -0.15) is 0 Å². The number of fused-ring (bicyclic) bond motifs is 1. The second-order valence-electron chi connectivity index (χ2n) is 3.18. The minimum absolute atomic E-state index is 0.0982.